The van der Waals surface area contributed by atoms with Crippen molar-refractivity contribution in [3.8, 4) is 0 Å². The van der Waals surface area contributed by atoms with Gasteiger partial charge in [0.2, 0.25) is 0 Å². The van der Waals surface area contributed by atoms with Crippen molar-refractivity contribution >= 4 is 0 Å². The third-order valence-electron chi connectivity index (χ3n) is 3.90. The summed E-state index contributed by atoms with van der Waals surface area (Å²) in [6, 6.07) is 0. The molecule has 0 amide bonds. The van der Waals surface area contributed by atoms with Crippen molar-refractivity contribution in [3.63, 3.8) is 0 Å². The highest BCUT2D eigenvalue weighted by atomic mass is 14.5. The smallest absolute Gasteiger partial charge is 0.0174 e. The molecule has 11 heavy (non-hydrogen) atoms. The molecule has 0 radical (unpaired) electrons. The van der Waals surface area contributed by atoms with Gasteiger partial charge in [0.15, 0.2) is 0 Å². The first kappa shape index (κ1) is 6.28. The quantitative estimate of drug-likeness (QED) is 0.501. The fourth-order valence-electron chi connectivity index (χ4n) is 3.02. The fourth-order valence-corrected chi connectivity index (χ4v) is 3.02. The van der Waals surface area contributed by atoms with Gasteiger partial charge in [-0.1, -0.05) is 12.2 Å². The average Bonchev–Trinajstić information content (AvgIpc) is 2.75. The maximum Gasteiger partial charge on any atom is -0.0174 e. The van der Waals surface area contributed by atoms with Gasteiger partial charge in [0.1, 0.15) is 0 Å². The third kappa shape index (κ3) is 0.881. The van der Waals surface area contributed by atoms with Crippen molar-refractivity contribution in [2.75, 3.05) is 0 Å². The number of hydrogen-bond donors (Lipinski definition) is 0. The zero-order chi connectivity index (χ0) is 7.26. The number of fused-ring (bicyclic) bond motifs is 1. The zero-order valence-electron chi connectivity index (χ0n) is 7.00. The summed E-state index contributed by atoms with van der Waals surface area (Å²) in [4.78, 5) is 0. The Labute approximate surface area is 68.7 Å². The summed E-state index contributed by atoms with van der Waals surface area (Å²) in [6.07, 6.45) is 12.4. The summed E-state index contributed by atoms with van der Waals surface area (Å²) in [5, 5.41) is 0. The average molecular weight is 148 g/mol. The van der Waals surface area contributed by atoms with E-state index in [0.29, 0.717) is 0 Å². The molecule has 3 rings (SSSR count). The van der Waals surface area contributed by atoms with Crippen molar-refractivity contribution in [1.29, 1.82) is 0 Å². The van der Waals surface area contributed by atoms with Gasteiger partial charge >= 0.3 is 0 Å². The lowest BCUT2D eigenvalue weighted by molar-refractivity contribution is 0.0798. The Bertz CT molecular complexity index is 188. The van der Waals surface area contributed by atoms with E-state index in [4.69, 9.17) is 0 Å². The van der Waals surface area contributed by atoms with Crippen molar-refractivity contribution in [1.82, 2.24) is 0 Å². The van der Waals surface area contributed by atoms with Gasteiger partial charge in [0.05, 0.1) is 0 Å². The van der Waals surface area contributed by atoms with Gasteiger partial charge in [0, 0.05) is 0 Å². The Morgan fingerprint density at radius 2 is 1.91 bits per heavy atom. The molecule has 0 aromatic carbocycles. The highest BCUT2D eigenvalue weighted by Gasteiger charge is 2.47. The summed E-state index contributed by atoms with van der Waals surface area (Å²) >= 11 is 0. The molecule has 0 heteroatoms. The van der Waals surface area contributed by atoms with Crippen LogP contribution in [-0.2, 0) is 0 Å². The SMILES string of the molecule is C1=C[C@@H]2[C@H](CC1)C[C@@H]2C1CC1. The molecule has 0 spiro atoms. The van der Waals surface area contributed by atoms with Crippen LogP contribution in [0.4, 0.5) is 0 Å². The molecule has 2 saturated carbocycles. The van der Waals surface area contributed by atoms with E-state index in [-0.39, 0.29) is 0 Å². The monoisotopic (exact) mass is 148 g/mol. The summed E-state index contributed by atoms with van der Waals surface area (Å²) in [7, 11) is 0. The number of allylic oxidation sites excluding steroid dienone is 2. The minimum absolute atomic E-state index is 1.02. The highest BCUT2D eigenvalue weighted by molar-refractivity contribution is 5.09. The Kier molecular flexibility index (Phi) is 1.21. The molecule has 0 aromatic heterocycles. The number of hydrogen-bond acceptors (Lipinski definition) is 0. The zero-order valence-corrected chi connectivity index (χ0v) is 7.00. The first-order valence-electron chi connectivity index (χ1n) is 5.12. The lowest BCUT2D eigenvalue weighted by Crippen LogP contribution is -2.37. The van der Waals surface area contributed by atoms with E-state index in [1.165, 1.54) is 12.8 Å². The van der Waals surface area contributed by atoms with Gasteiger partial charge in [-0.2, -0.15) is 0 Å². The van der Waals surface area contributed by atoms with E-state index >= 15 is 0 Å². The van der Waals surface area contributed by atoms with Crippen LogP contribution in [0.1, 0.15) is 32.1 Å². The van der Waals surface area contributed by atoms with Crippen LogP contribution in [0.25, 0.3) is 0 Å². The van der Waals surface area contributed by atoms with E-state index in [9.17, 15) is 0 Å². The molecule has 0 bridgehead atoms. The molecule has 2 fully saturated rings. The van der Waals surface area contributed by atoms with E-state index < -0.39 is 0 Å². The molecule has 60 valence electrons. The van der Waals surface area contributed by atoms with Gasteiger partial charge in [-0.25, -0.2) is 0 Å². The first-order chi connectivity index (χ1) is 5.45. The minimum Gasteiger partial charge on any atom is -0.0882 e. The summed E-state index contributed by atoms with van der Waals surface area (Å²) in [6.45, 7) is 0. The maximum atomic E-state index is 2.51. The normalized spacial score (nSPS) is 48.2. The first-order valence-corrected chi connectivity index (χ1v) is 5.12. The molecular formula is C11H16. The van der Waals surface area contributed by atoms with Gasteiger partial charge in [-0.15, -0.1) is 0 Å². The topological polar surface area (TPSA) is 0 Å². The second kappa shape index (κ2) is 2.12. The van der Waals surface area contributed by atoms with Gasteiger partial charge in [0.25, 0.3) is 0 Å². The van der Waals surface area contributed by atoms with Crippen LogP contribution < -0.4 is 0 Å². The second-order valence-electron chi connectivity index (χ2n) is 4.58. The van der Waals surface area contributed by atoms with Crippen LogP contribution in [0.2, 0.25) is 0 Å². The lowest BCUT2D eigenvalue weighted by Gasteiger charge is -2.45. The standard InChI is InChI=1S/C11H16/c1-2-4-10-9(3-1)7-11(10)8-5-6-8/h2,4,8-11H,1,3,5-7H2/t9-,10-,11-/m1/s1. The molecule has 3 atom stereocenters. The molecule has 0 unspecified atom stereocenters. The summed E-state index contributed by atoms with van der Waals surface area (Å²) in [5.41, 5.74) is 0. The predicted molar refractivity (Wildman–Crippen MR) is 46.2 cm³/mol. The van der Waals surface area contributed by atoms with Crippen molar-refractivity contribution in [3.05, 3.63) is 12.2 Å². The summed E-state index contributed by atoms with van der Waals surface area (Å²) < 4.78 is 0. The molecule has 3 aliphatic carbocycles. The van der Waals surface area contributed by atoms with Crippen LogP contribution in [0.3, 0.4) is 0 Å². The summed E-state index contributed by atoms with van der Waals surface area (Å²) in [5.74, 6) is 4.40. The van der Waals surface area contributed by atoms with E-state index in [1.807, 2.05) is 0 Å². The van der Waals surface area contributed by atoms with E-state index in [2.05, 4.69) is 12.2 Å². The van der Waals surface area contributed by atoms with Crippen molar-refractivity contribution < 1.29 is 0 Å². The van der Waals surface area contributed by atoms with Crippen LogP contribution >= 0.6 is 0 Å². The van der Waals surface area contributed by atoms with Crippen molar-refractivity contribution in [2.24, 2.45) is 23.7 Å². The molecule has 0 aliphatic heterocycles. The van der Waals surface area contributed by atoms with Crippen LogP contribution in [0.15, 0.2) is 12.2 Å². The van der Waals surface area contributed by atoms with Crippen molar-refractivity contribution in [2.45, 2.75) is 32.1 Å². The lowest BCUT2D eigenvalue weighted by atomic mass is 9.59. The predicted octanol–water partition coefficient (Wildman–Crippen LogP) is 3.00. The maximum absolute atomic E-state index is 2.51. The molecule has 3 aliphatic rings. The fraction of sp³-hybridized carbons (Fsp3) is 0.818. The third-order valence-corrected chi connectivity index (χ3v) is 3.90. The van der Waals surface area contributed by atoms with Gasteiger partial charge in [-0.3, -0.25) is 0 Å². The Morgan fingerprint density at radius 3 is 2.64 bits per heavy atom. The Hall–Kier alpha value is -0.260. The van der Waals surface area contributed by atoms with Crippen LogP contribution in [0, 0.1) is 23.7 Å². The minimum atomic E-state index is 1.02. The molecule has 0 saturated heterocycles. The molecule has 0 aromatic rings. The van der Waals surface area contributed by atoms with Crippen LogP contribution in [0.5, 0.6) is 0 Å². The van der Waals surface area contributed by atoms with Gasteiger partial charge < -0.3 is 0 Å². The Balaban J connectivity index is 1.73. The van der Waals surface area contributed by atoms with Gasteiger partial charge in [-0.05, 0) is 55.8 Å². The highest BCUT2D eigenvalue weighted by Crippen LogP contribution is 2.56. The largest absolute Gasteiger partial charge is 0.0882 e. The van der Waals surface area contributed by atoms with E-state index in [0.717, 1.165) is 23.7 Å². The Morgan fingerprint density at radius 1 is 1.00 bits per heavy atom. The molecular weight excluding hydrogens is 132 g/mol. The molecule has 0 heterocycles. The van der Waals surface area contributed by atoms with Crippen LogP contribution in [-0.4, -0.2) is 0 Å². The molecule has 0 nitrogen and oxygen atoms in total. The second-order valence-corrected chi connectivity index (χ2v) is 4.58. The van der Waals surface area contributed by atoms with E-state index in [1.54, 1.807) is 19.3 Å². The molecule has 0 N–H and O–H groups in total. The number of rotatable bonds is 1.